The highest BCUT2D eigenvalue weighted by Crippen LogP contribution is 2.21. The van der Waals surface area contributed by atoms with Crippen molar-refractivity contribution in [1.82, 2.24) is 10.3 Å². The van der Waals surface area contributed by atoms with Gasteiger partial charge in [-0.1, -0.05) is 26.8 Å². The fraction of sp³-hybridized carbons (Fsp3) is 0.500. The first-order valence-electron chi connectivity index (χ1n) is 6.42. The zero-order chi connectivity index (χ0) is 14.5. The Morgan fingerprint density at radius 3 is 2.58 bits per heavy atom. The van der Waals surface area contributed by atoms with Gasteiger partial charge in [-0.05, 0) is 24.0 Å². The second kappa shape index (κ2) is 6.31. The summed E-state index contributed by atoms with van der Waals surface area (Å²) in [5.74, 6) is -0.778. The number of nitrogens with two attached hydrogens (primary N) is 1. The first kappa shape index (κ1) is 15.1. The minimum atomic E-state index is -0.987. The van der Waals surface area contributed by atoms with Gasteiger partial charge in [-0.3, -0.25) is 14.6 Å². The van der Waals surface area contributed by atoms with Gasteiger partial charge in [0.15, 0.2) is 0 Å². The molecule has 2 amide bonds. The molecule has 0 fully saturated rings. The maximum atomic E-state index is 12.0. The maximum Gasteiger partial charge on any atom is 0.243 e. The molecular formula is C14H21N3O2. The quantitative estimate of drug-likeness (QED) is 0.804. The molecule has 104 valence electrons. The Labute approximate surface area is 113 Å². The first-order valence-corrected chi connectivity index (χ1v) is 6.42. The summed E-state index contributed by atoms with van der Waals surface area (Å²) in [6.45, 7) is 5.59. The molecule has 0 aliphatic heterocycles. The highest BCUT2D eigenvalue weighted by Gasteiger charge is 2.39. The van der Waals surface area contributed by atoms with Crippen LogP contribution >= 0.6 is 0 Å². The summed E-state index contributed by atoms with van der Waals surface area (Å²) < 4.78 is 0. The van der Waals surface area contributed by atoms with E-state index in [0.717, 1.165) is 5.56 Å². The monoisotopic (exact) mass is 263 g/mol. The van der Waals surface area contributed by atoms with Crippen molar-refractivity contribution in [3.63, 3.8) is 0 Å². The van der Waals surface area contributed by atoms with Crippen LogP contribution in [0.1, 0.15) is 32.8 Å². The summed E-state index contributed by atoms with van der Waals surface area (Å²) in [4.78, 5) is 27.7. The number of carbonyl (C=O) groups is 2. The molecule has 1 aromatic heterocycles. The van der Waals surface area contributed by atoms with Gasteiger partial charge in [-0.15, -0.1) is 0 Å². The minimum absolute atomic E-state index is 0.0622. The smallest absolute Gasteiger partial charge is 0.243 e. The molecule has 1 aromatic rings. The molecular weight excluding hydrogens is 242 g/mol. The van der Waals surface area contributed by atoms with E-state index in [4.69, 9.17) is 5.73 Å². The Bertz CT molecular complexity index is 445. The summed E-state index contributed by atoms with van der Waals surface area (Å²) in [5, 5.41) is 2.79. The molecule has 1 unspecified atom stereocenters. The van der Waals surface area contributed by atoms with Crippen LogP contribution in [0.15, 0.2) is 24.5 Å². The summed E-state index contributed by atoms with van der Waals surface area (Å²) >= 11 is 0. The molecule has 0 spiro atoms. The first-order chi connectivity index (χ1) is 8.92. The normalized spacial score (nSPS) is 13.9. The van der Waals surface area contributed by atoms with Crippen LogP contribution in [0.5, 0.6) is 0 Å². The largest absolute Gasteiger partial charge is 0.368 e. The minimum Gasteiger partial charge on any atom is -0.368 e. The number of nitrogens with one attached hydrogen (secondary N) is 1. The zero-order valence-electron chi connectivity index (χ0n) is 11.6. The van der Waals surface area contributed by atoms with Crippen molar-refractivity contribution >= 4 is 11.8 Å². The Morgan fingerprint density at radius 1 is 1.47 bits per heavy atom. The second-order valence-corrected chi connectivity index (χ2v) is 4.93. The molecule has 0 aromatic carbocycles. The molecule has 0 saturated carbocycles. The van der Waals surface area contributed by atoms with Crippen LogP contribution in [0, 0.1) is 5.92 Å². The number of rotatable bonds is 6. The van der Waals surface area contributed by atoms with Crippen LogP contribution in [0.2, 0.25) is 0 Å². The lowest BCUT2D eigenvalue weighted by molar-refractivity contribution is -0.133. The zero-order valence-corrected chi connectivity index (χ0v) is 11.6. The van der Waals surface area contributed by atoms with Gasteiger partial charge in [0.1, 0.15) is 5.54 Å². The van der Waals surface area contributed by atoms with Gasteiger partial charge in [-0.2, -0.15) is 0 Å². The van der Waals surface area contributed by atoms with E-state index in [2.05, 4.69) is 10.3 Å². The third kappa shape index (κ3) is 3.53. The van der Waals surface area contributed by atoms with E-state index in [1.165, 1.54) is 0 Å². The van der Waals surface area contributed by atoms with Gasteiger partial charge < -0.3 is 11.1 Å². The van der Waals surface area contributed by atoms with Gasteiger partial charge in [0.25, 0.3) is 0 Å². The van der Waals surface area contributed by atoms with Gasteiger partial charge in [0.05, 0.1) is 6.42 Å². The Balaban J connectivity index is 2.80. The lowest BCUT2D eigenvalue weighted by Crippen LogP contribution is -2.60. The summed E-state index contributed by atoms with van der Waals surface area (Å²) in [7, 11) is 0. The average Bonchev–Trinajstić information content (AvgIpc) is 2.36. The van der Waals surface area contributed by atoms with Crippen LogP contribution in [-0.4, -0.2) is 22.3 Å². The Hall–Kier alpha value is -1.91. The Morgan fingerprint density at radius 2 is 2.16 bits per heavy atom. The van der Waals surface area contributed by atoms with Crippen LogP contribution in [0.25, 0.3) is 0 Å². The van der Waals surface area contributed by atoms with Crippen LogP contribution in [-0.2, 0) is 16.0 Å². The standard InChI is InChI=1S/C14H21N3O2/c1-4-14(10(2)3,13(15)19)17-12(18)8-11-6-5-7-16-9-11/h5-7,9-10H,4,8H2,1-3H3,(H2,15,19)(H,17,18). The number of aromatic nitrogens is 1. The van der Waals surface area contributed by atoms with E-state index >= 15 is 0 Å². The third-order valence-corrected chi connectivity index (χ3v) is 3.43. The molecule has 5 nitrogen and oxygen atoms in total. The molecule has 0 aliphatic carbocycles. The fourth-order valence-corrected chi connectivity index (χ4v) is 2.14. The van der Waals surface area contributed by atoms with Crippen LogP contribution in [0.3, 0.4) is 0 Å². The molecule has 5 heteroatoms. The van der Waals surface area contributed by atoms with E-state index in [0.29, 0.717) is 6.42 Å². The molecule has 19 heavy (non-hydrogen) atoms. The molecule has 1 rings (SSSR count). The molecule has 1 atom stereocenters. The predicted octanol–water partition coefficient (Wildman–Crippen LogP) is 1.03. The maximum absolute atomic E-state index is 12.0. The fourth-order valence-electron chi connectivity index (χ4n) is 2.14. The van der Waals surface area contributed by atoms with E-state index in [-0.39, 0.29) is 18.2 Å². The number of hydrogen-bond donors (Lipinski definition) is 2. The number of hydrogen-bond acceptors (Lipinski definition) is 3. The molecule has 0 saturated heterocycles. The number of primary amides is 1. The average molecular weight is 263 g/mol. The number of amides is 2. The van der Waals surface area contributed by atoms with E-state index in [1.807, 2.05) is 26.8 Å². The van der Waals surface area contributed by atoms with Crippen molar-refractivity contribution in [1.29, 1.82) is 0 Å². The van der Waals surface area contributed by atoms with Crippen molar-refractivity contribution in [2.24, 2.45) is 11.7 Å². The van der Waals surface area contributed by atoms with Gasteiger partial charge in [0.2, 0.25) is 11.8 Å². The summed E-state index contributed by atoms with van der Waals surface area (Å²) in [6.07, 6.45) is 3.94. The van der Waals surface area contributed by atoms with E-state index in [9.17, 15) is 9.59 Å². The molecule has 0 bridgehead atoms. The molecule has 0 aliphatic rings. The summed E-state index contributed by atoms with van der Waals surface area (Å²) in [5.41, 5.74) is 5.28. The molecule has 1 heterocycles. The van der Waals surface area contributed by atoms with Crippen LogP contribution < -0.4 is 11.1 Å². The molecule has 3 N–H and O–H groups in total. The second-order valence-electron chi connectivity index (χ2n) is 4.93. The van der Waals surface area contributed by atoms with Crippen LogP contribution in [0.4, 0.5) is 0 Å². The van der Waals surface area contributed by atoms with Gasteiger partial charge in [-0.25, -0.2) is 0 Å². The van der Waals surface area contributed by atoms with Gasteiger partial charge >= 0.3 is 0 Å². The van der Waals surface area contributed by atoms with Crippen molar-refractivity contribution < 1.29 is 9.59 Å². The van der Waals surface area contributed by atoms with E-state index in [1.54, 1.807) is 18.5 Å². The predicted molar refractivity (Wildman–Crippen MR) is 73.1 cm³/mol. The molecule has 0 radical (unpaired) electrons. The lowest BCUT2D eigenvalue weighted by atomic mass is 9.83. The third-order valence-electron chi connectivity index (χ3n) is 3.43. The Kier molecular flexibility index (Phi) is 5.03. The lowest BCUT2D eigenvalue weighted by Gasteiger charge is -2.34. The van der Waals surface area contributed by atoms with E-state index < -0.39 is 11.4 Å². The number of nitrogens with zero attached hydrogens (tertiary/aromatic N) is 1. The van der Waals surface area contributed by atoms with Crippen molar-refractivity contribution in [3.8, 4) is 0 Å². The highest BCUT2D eigenvalue weighted by atomic mass is 16.2. The number of carbonyl (C=O) groups excluding carboxylic acids is 2. The van der Waals surface area contributed by atoms with Gasteiger partial charge in [0, 0.05) is 12.4 Å². The van der Waals surface area contributed by atoms with Crippen molar-refractivity contribution in [2.45, 2.75) is 39.2 Å². The SMILES string of the molecule is CCC(NC(=O)Cc1cccnc1)(C(N)=O)C(C)C. The number of pyridine rings is 1. The topological polar surface area (TPSA) is 85.1 Å². The summed E-state index contributed by atoms with van der Waals surface area (Å²) in [6, 6.07) is 3.59. The highest BCUT2D eigenvalue weighted by molar-refractivity contribution is 5.91. The van der Waals surface area contributed by atoms with Crippen molar-refractivity contribution in [2.75, 3.05) is 0 Å². The van der Waals surface area contributed by atoms with Crippen molar-refractivity contribution in [3.05, 3.63) is 30.1 Å².